The molecule has 1 atom stereocenters. The monoisotopic (exact) mass is 361 g/mol. The van der Waals surface area contributed by atoms with Crippen molar-refractivity contribution in [2.75, 3.05) is 11.9 Å². The van der Waals surface area contributed by atoms with E-state index >= 15 is 0 Å². The highest BCUT2D eigenvalue weighted by atomic mass is 35.5. The quantitative estimate of drug-likeness (QED) is 0.747. The van der Waals surface area contributed by atoms with Gasteiger partial charge in [0.25, 0.3) is 0 Å². The van der Waals surface area contributed by atoms with Gasteiger partial charge in [-0.05, 0) is 42.5 Å². The molecule has 0 aromatic heterocycles. The highest BCUT2D eigenvalue weighted by Gasteiger charge is 2.28. The summed E-state index contributed by atoms with van der Waals surface area (Å²) in [5, 5.41) is 5.92. The van der Waals surface area contributed by atoms with E-state index in [-0.39, 0.29) is 0 Å². The van der Waals surface area contributed by atoms with Crippen LogP contribution in [0.15, 0.2) is 59.6 Å². The van der Waals surface area contributed by atoms with Crippen LogP contribution in [0.5, 0.6) is 0 Å². The first kappa shape index (κ1) is 16.3. The Morgan fingerprint density at radius 1 is 1.26 bits per heavy atom. The topological polar surface area (TPSA) is 27.6 Å². The molecule has 0 spiro atoms. The van der Waals surface area contributed by atoms with Gasteiger partial charge >= 0.3 is 0 Å². The maximum Gasteiger partial charge on any atom is 0.179 e. The molecule has 1 saturated heterocycles. The van der Waals surface area contributed by atoms with Gasteiger partial charge in [0.05, 0.1) is 5.69 Å². The van der Waals surface area contributed by atoms with Gasteiger partial charge in [-0.2, -0.15) is 0 Å². The average molecular weight is 362 g/mol. The Hall–Kier alpha value is -1.56. The summed E-state index contributed by atoms with van der Waals surface area (Å²) in [6.45, 7) is 3.01. The predicted octanol–water partition coefficient (Wildman–Crippen LogP) is 5.16. The second kappa shape index (κ2) is 7.34. The molecule has 1 aliphatic rings. The zero-order chi connectivity index (χ0) is 16.2. The summed E-state index contributed by atoms with van der Waals surface area (Å²) < 4.78 is 0. The summed E-state index contributed by atoms with van der Waals surface area (Å²) in [5.74, 6) is 0. The van der Waals surface area contributed by atoms with Crippen LogP contribution >= 0.6 is 35.6 Å². The number of nitrogens with one attached hydrogen (secondary N) is 1. The number of benzene rings is 2. The lowest BCUT2D eigenvalue weighted by atomic mass is 10.3. The van der Waals surface area contributed by atoms with E-state index in [9.17, 15) is 0 Å². The highest BCUT2D eigenvalue weighted by molar-refractivity contribution is 8.14. The molecule has 0 radical (unpaired) electrons. The molecule has 0 amide bonds. The Morgan fingerprint density at radius 2 is 2.04 bits per heavy atom. The molecule has 1 aliphatic heterocycles. The van der Waals surface area contributed by atoms with E-state index in [1.807, 2.05) is 59.5 Å². The predicted molar refractivity (Wildman–Crippen MR) is 105 cm³/mol. The summed E-state index contributed by atoms with van der Waals surface area (Å²) in [4.78, 5) is 6.76. The number of amidine groups is 1. The molecule has 0 aliphatic carbocycles. The van der Waals surface area contributed by atoms with Crippen LogP contribution in [0.3, 0.4) is 0 Å². The minimum atomic E-state index is 0.441. The molecule has 1 heterocycles. The van der Waals surface area contributed by atoms with Gasteiger partial charge in [-0.1, -0.05) is 54.6 Å². The molecule has 6 heteroatoms. The smallest absolute Gasteiger partial charge is 0.179 e. The molecule has 1 unspecified atom stereocenters. The van der Waals surface area contributed by atoms with Crippen LogP contribution in [0.1, 0.15) is 6.92 Å². The Bertz CT molecular complexity index is 734. The van der Waals surface area contributed by atoms with Crippen molar-refractivity contribution in [1.29, 1.82) is 0 Å². The zero-order valence-corrected chi connectivity index (χ0v) is 15.0. The average Bonchev–Trinajstić information content (AvgIpc) is 2.89. The van der Waals surface area contributed by atoms with Crippen molar-refractivity contribution < 1.29 is 0 Å². The number of halogens is 1. The summed E-state index contributed by atoms with van der Waals surface area (Å²) in [7, 11) is 0. The van der Waals surface area contributed by atoms with Gasteiger partial charge in [0.1, 0.15) is 0 Å². The number of hydrogen-bond acceptors (Lipinski definition) is 3. The number of rotatable bonds is 2. The molecule has 3 rings (SSSR count). The fourth-order valence-electron chi connectivity index (χ4n) is 2.24. The van der Waals surface area contributed by atoms with Crippen molar-refractivity contribution >= 4 is 57.2 Å². The summed E-state index contributed by atoms with van der Waals surface area (Å²) >= 11 is 13.3. The molecule has 23 heavy (non-hydrogen) atoms. The minimum absolute atomic E-state index is 0.441. The number of thioether (sulfide) groups is 1. The lowest BCUT2D eigenvalue weighted by Crippen LogP contribution is -2.36. The van der Waals surface area contributed by atoms with Gasteiger partial charge in [0.15, 0.2) is 10.3 Å². The van der Waals surface area contributed by atoms with Gasteiger partial charge in [-0.15, -0.1) is 0 Å². The van der Waals surface area contributed by atoms with E-state index in [0.717, 1.165) is 23.1 Å². The lowest BCUT2D eigenvalue weighted by molar-refractivity contribution is 0.641. The van der Waals surface area contributed by atoms with Crippen LogP contribution in [0.4, 0.5) is 11.4 Å². The standard InChI is InChI=1S/C17H16ClN3S2/c1-12-11-21(16(22)19-15-9-5-6-13(18)10-15)17(23-12)20-14-7-3-2-4-8-14/h2-10,12H,11H2,1H3,(H,19,22). The second-order valence-corrected chi connectivity index (χ2v) is 7.44. The van der Waals surface area contributed by atoms with Crippen LogP contribution in [0.25, 0.3) is 0 Å². The van der Waals surface area contributed by atoms with Crippen LogP contribution in [-0.2, 0) is 0 Å². The number of nitrogens with zero attached hydrogens (tertiary/aromatic N) is 2. The second-order valence-electron chi connectivity index (χ2n) is 5.21. The van der Waals surface area contributed by atoms with Gasteiger partial charge < -0.3 is 5.32 Å². The summed E-state index contributed by atoms with van der Waals surface area (Å²) in [6, 6.07) is 17.5. The third-order valence-corrected chi connectivity index (χ3v) is 4.91. The molecule has 118 valence electrons. The van der Waals surface area contributed by atoms with Gasteiger partial charge in [0.2, 0.25) is 0 Å². The molecule has 0 saturated carbocycles. The summed E-state index contributed by atoms with van der Waals surface area (Å²) in [6.07, 6.45) is 0. The van der Waals surface area contributed by atoms with Crippen molar-refractivity contribution in [1.82, 2.24) is 4.90 Å². The molecular formula is C17H16ClN3S2. The van der Waals surface area contributed by atoms with E-state index in [2.05, 4.69) is 12.2 Å². The molecule has 1 fully saturated rings. The van der Waals surface area contributed by atoms with Gasteiger partial charge in [0, 0.05) is 22.5 Å². The van der Waals surface area contributed by atoms with E-state index < -0.39 is 0 Å². The normalized spacial score (nSPS) is 19.1. The third-order valence-electron chi connectivity index (χ3n) is 3.28. The lowest BCUT2D eigenvalue weighted by Gasteiger charge is -2.20. The van der Waals surface area contributed by atoms with Crippen molar-refractivity contribution in [3.05, 3.63) is 59.6 Å². The van der Waals surface area contributed by atoms with E-state index in [4.69, 9.17) is 28.8 Å². The van der Waals surface area contributed by atoms with Crippen molar-refractivity contribution in [2.24, 2.45) is 4.99 Å². The molecular weight excluding hydrogens is 346 g/mol. The SMILES string of the molecule is CC1CN(C(=S)Nc2cccc(Cl)c2)C(=Nc2ccccc2)S1. The number of aliphatic imine (C=N–C) groups is 1. The van der Waals surface area contributed by atoms with E-state index in [1.54, 1.807) is 11.8 Å². The van der Waals surface area contributed by atoms with Gasteiger partial charge in [-0.25, -0.2) is 4.99 Å². The third kappa shape index (κ3) is 4.25. The highest BCUT2D eigenvalue weighted by Crippen LogP contribution is 2.29. The van der Waals surface area contributed by atoms with Crippen LogP contribution in [0.2, 0.25) is 5.02 Å². The Labute approximate surface area is 150 Å². The largest absolute Gasteiger partial charge is 0.332 e. The van der Waals surface area contributed by atoms with Crippen LogP contribution in [-0.4, -0.2) is 27.0 Å². The number of thiocarbonyl (C=S) groups is 1. The van der Waals surface area contributed by atoms with Crippen molar-refractivity contribution in [2.45, 2.75) is 12.2 Å². The number of para-hydroxylation sites is 1. The van der Waals surface area contributed by atoms with E-state index in [0.29, 0.717) is 15.4 Å². The molecule has 2 aromatic rings. The first-order chi connectivity index (χ1) is 11.1. The number of hydrogen-bond donors (Lipinski definition) is 1. The molecule has 3 nitrogen and oxygen atoms in total. The fraction of sp³-hybridized carbons (Fsp3) is 0.176. The molecule has 1 N–H and O–H groups in total. The van der Waals surface area contributed by atoms with Gasteiger partial charge in [-0.3, -0.25) is 4.90 Å². The van der Waals surface area contributed by atoms with Crippen LogP contribution in [0, 0.1) is 0 Å². The maximum absolute atomic E-state index is 6.02. The van der Waals surface area contributed by atoms with E-state index in [1.165, 1.54) is 0 Å². The number of anilines is 1. The molecule has 0 bridgehead atoms. The first-order valence-corrected chi connectivity index (χ1v) is 8.93. The Kier molecular flexibility index (Phi) is 5.20. The first-order valence-electron chi connectivity index (χ1n) is 7.26. The van der Waals surface area contributed by atoms with Crippen molar-refractivity contribution in [3.8, 4) is 0 Å². The van der Waals surface area contributed by atoms with Crippen LogP contribution < -0.4 is 5.32 Å². The zero-order valence-electron chi connectivity index (χ0n) is 12.6. The molecule has 2 aromatic carbocycles. The Morgan fingerprint density at radius 3 is 2.78 bits per heavy atom. The fourth-order valence-corrected chi connectivity index (χ4v) is 3.80. The Balaban J connectivity index is 1.79. The minimum Gasteiger partial charge on any atom is -0.332 e. The van der Waals surface area contributed by atoms with Crippen molar-refractivity contribution in [3.63, 3.8) is 0 Å². The summed E-state index contributed by atoms with van der Waals surface area (Å²) in [5.41, 5.74) is 1.81. The maximum atomic E-state index is 6.02.